The topological polar surface area (TPSA) is 45.2 Å². The largest absolute Gasteiger partial charge is 0.388 e. The van der Waals surface area contributed by atoms with E-state index in [0.29, 0.717) is 11.7 Å². The molecule has 0 atom stereocenters. The molecule has 1 amide bonds. The smallest absolute Gasteiger partial charge is 0.272 e. The Bertz CT molecular complexity index is 388. The lowest BCUT2D eigenvalue weighted by atomic mass is 9.92. The minimum Gasteiger partial charge on any atom is -0.388 e. The fourth-order valence-corrected chi connectivity index (χ4v) is 1.82. The molecule has 0 unspecified atom stereocenters. The molecule has 1 aliphatic rings. The van der Waals surface area contributed by atoms with Crippen LogP contribution in [0.5, 0.6) is 0 Å². The molecule has 1 fully saturated rings. The maximum Gasteiger partial charge on any atom is 0.272 e. The fraction of sp³-hybridized carbons (Fsp3) is 0.500. The Morgan fingerprint density at radius 2 is 2.31 bits per heavy atom. The second-order valence-corrected chi connectivity index (χ2v) is 4.18. The van der Waals surface area contributed by atoms with E-state index in [0.717, 1.165) is 18.5 Å². The SMILES string of the molecule is CNc1ccnc(C(=O)N(C)C2CCC2)c1. The first-order valence-electron chi connectivity index (χ1n) is 5.63. The van der Waals surface area contributed by atoms with E-state index in [1.807, 2.05) is 25.1 Å². The number of carbonyl (C=O) groups is 1. The summed E-state index contributed by atoms with van der Waals surface area (Å²) in [7, 11) is 3.69. The second kappa shape index (κ2) is 4.51. The lowest BCUT2D eigenvalue weighted by Gasteiger charge is -2.34. The number of amides is 1. The molecule has 0 aliphatic heterocycles. The van der Waals surface area contributed by atoms with Crippen molar-refractivity contribution in [3.8, 4) is 0 Å². The van der Waals surface area contributed by atoms with Crippen LogP contribution in [0.15, 0.2) is 18.3 Å². The summed E-state index contributed by atoms with van der Waals surface area (Å²) in [5.74, 6) is 0.0156. The third-order valence-electron chi connectivity index (χ3n) is 3.21. The van der Waals surface area contributed by atoms with Gasteiger partial charge in [-0.3, -0.25) is 9.78 Å². The van der Waals surface area contributed by atoms with Crippen LogP contribution in [0.25, 0.3) is 0 Å². The van der Waals surface area contributed by atoms with Gasteiger partial charge in [0, 0.05) is 32.0 Å². The molecule has 16 heavy (non-hydrogen) atoms. The number of pyridine rings is 1. The van der Waals surface area contributed by atoms with E-state index in [2.05, 4.69) is 10.3 Å². The zero-order valence-corrected chi connectivity index (χ0v) is 9.73. The first-order valence-corrected chi connectivity index (χ1v) is 5.63. The molecule has 86 valence electrons. The van der Waals surface area contributed by atoms with Crippen molar-refractivity contribution >= 4 is 11.6 Å². The van der Waals surface area contributed by atoms with Gasteiger partial charge in [-0.1, -0.05) is 0 Å². The molecular formula is C12H17N3O. The van der Waals surface area contributed by atoms with Crippen molar-refractivity contribution in [1.82, 2.24) is 9.88 Å². The summed E-state index contributed by atoms with van der Waals surface area (Å²) in [5.41, 5.74) is 1.43. The maximum atomic E-state index is 12.1. The van der Waals surface area contributed by atoms with E-state index in [1.165, 1.54) is 6.42 Å². The molecule has 1 aromatic heterocycles. The number of anilines is 1. The van der Waals surface area contributed by atoms with E-state index in [9.17, 15) is 4.79 Å². The van der Waals surface area contributed by atoms with Gasteiger partial charge >= 0.3 is 0 Å². The quantitative estimate of drug-likeness (QED) is 0.842. The van der Waals surface area contributed by atoms with Gasteiger partial charge in [-0.05, 0) is 31.4 Å². The molecule has 0 aromatic carbocycles. The number of hydrogen-bond donors (Lipinski definition) is 1. The zero-order valence-electron chi connectivity index (χ0n) is 9.73. The Morgan fingerprint density at radius 1 is 1.56 bits per heavy atom. The maximum absolute atomic E-state index is 12.1. The first-order chi connectivity index (χ1) is 7.72. The van der Waals surface area contributed by atoms with E-state index in [1.54, 1.807) is 12.3 Å². The average molecular weight is 219 g/mol. The molecular weight excluding hydrogens is 202 g/mol. The van der Waals surface area contributed by atoms with Crippen LogP contribution < -0.4 is 5.32 Å². The van der Waals surface area contributed by atoms with Crippen LogP contribution in [-0.4, -0.2) is 35.9 Å². The first kappa shape index (κ1) is 10.9. The molecule has 4 nitrogen and oxygen atoms in total. The van der Waals surface area contributed by atoms with Gasteiger partial charge in [0.1, 0.15) is 5.69 Å². The van der Waals surface area contributed by atoms with Crippen LogP contribution in [0.2, 0.25) is 0 Å². The van der Waals surface area contributed by atoms with Gasteiger partial charge in [-0.15, -0.1) is 0 Å². The predicted octanol–water partition coefficient (Wildman–Crippen LogP) is 1.75. The predicted molar refractivity (Wildman–Crippen MR) is 63.5 cm³/mol. The third-order valence-corrected chi connectivity index (χ3v) is 3.21. The standard InChI is InChI=1S/C12H17N3O/c1-13-9-6-7-14-11(8-9)12(16)15(2)10-4-3-5-10/h6-8,10H,3-5H2,1-2H3,(H,13,14). The molecule has 1 heterocycles. The van der Waals surface area contributed by atoms with Gasteiger partial charge in [-0.25, -0.2) is 0 Å². The summed E-state index contributed by atoms with van der Waals surface area (Å²) in [5, 5.41) is 3.01. The van der Waals surface area contributed by atoms with Crippen LogP contribution in [0, 0.1) is 0 Å². The highest BCUT2D eigenvalue weighted by Gasteiger charge is 2.26. The Kier molecular flexibility index (Phi) is 3.08. The Morgan fingerprint density at radius 3 is 2.88 bits per heavy atom. The molecule has 1 aromatic rings. The van der Waals surface area contributed by atoms with Crippen LogP contribution in [0.3, 0.4) is 0 Å². The molecule has 0 spiro atoms. The number of nitrogens with zero attached hydrogens (tertiary/aromatic N) is 2. The zero-order chi connectivity index (χ0) is 11.5. The van der Waals surface area contributed by atoms with Gasteiger partial charge in [0.05, 0.1) is 0 Å². The van der Waals surface area contributed by atoms with E-state index < -0.39 is 0 Å². The van der Waals surface area contributed by atoms with Crippen LogP contribution >= 0.6 is 0 Å². The van der Waals surface area contributed by atoms with E-state index in [-0.39, 0.29) is 5.91 Å². The normalized spacial score (nSPS) is 15.4. The minimum atomic E-state index is 0.0156. The summed E-state index contributed by atoms with van der Waals surface area (Å²) in [6.07, 6.45) is 5.13. The van der Waals surface area contributed by atoms with Gasteiger partial charge < -0.3 is 10.2 Å². The summed E-state index contributed by atoms with van der Waals surface area (Å²) in [6, 6.07) is 4.05. The third kappa shape index (κ3) is 2.01. The van der Waals surface area contributed by atoms with Gasteiger partial charge in [0.2, 0.25) is 0 Å². The number of rotatable bonds is 3. The van der Waals surface area contributed by atoms with Crippen LogP contribution in [-0.2, 0) is 0 Å². The summed E-state index contributed by atoms with van der Waals surface area (Å²) < 4.78 is 0. The molecule has 0 radical (unpaired) electrons. The summed E-state index contributed by atoms with van der Waals surface area (Å²) in [6.45, 7) is 0. The Labute approximate surface area is 95.7 Å². The second-order valence-electron chi connectivity index (χ2n) is 4.18. The van der Waals surface area contributed by atoms with Crippen molar-refractivity contribution in [2.45, 2.75) is 25.3 Å². The highest BCUT2D eigenvalue weighted by molar-refractivity contribution is 5.93. The van der Waals surface area contributed by atoms with Gasteiger partial charge in [0.15, 0.2) is 0 Å². The van der Waals surface area contributed by atoms with Crippen molar-refractivity contribution in [3.05, 3.63) is 24.0 Å². The van der Waals surface area contributed by atoms with Crippen molar-refractivity contribution < 1.29 is 4.79 Å². The Balaban J connectivity index is 2.12. The fourth-order valence-electron chi connectivity index (χ4n) is 1.82. The monoisotopic (exact) mass is 219 g/mol. The number of carbonyl (C=O) groups excluding carboxylic acids is 1. The molecule has 0 bridgehead atoms. The van der Waals surface area contributed by atoms with Gasteiger partial charge in [-0.2, -0.15) is 0 Å². The van der Waals surface area contributed by atoms with Crippen molar-refractivity contribution in [1.29, 1.82) is 0 Å². The van der Waals surface area contributed by atoms with Crippen molar-refractivity contribution in [2.24, 2.45) is 0 Å². The van der Waals surface area contributed by atoms with Crippen molar-refractivity contribution in [2.75, 3.05) is 19.4 Å². The summed E-state index contributed by atoms with van der Waals surface area (Å²) in [4.78, 5) is 18.0. The molecule has 2 rings (SSSR count). The Hall–Kier alpha value is -1.58. The lowest BCUT2D eigenvalue weighted by Crippen LogP contribution is -2.41. The highest BCUT2D eigenvalue weighted by atomic mass is 16.2. The molecule has 1 saturated carbocycles. The van der Waals surface area contributed by atoms with Crippen LogP contribution in [0.4, 0.5) is 5.69 Å². The minimum absolute atomic E-state index is 0.0156. The number of aromatic nitrogens is 1. The van der Waals surface area contributed by atoms with E-state index in [4.69, 9.17) is 0 Å². The van der Waals surface area contributed by atoms with E-state index >= 15 is 0 Å². The van der Waals surface area contributed by atoms with Crippen molar-refractivity contribution in [3.63, 3.8) is 0 Å². The average Bonchev–Trinajstić information content (AvgIpc) is 2.25. The highest BCUT2D eigenvalue weighted by Crippen LogP contribution is 2.24. The van der Waals surface area contributed by atoms with Crippen LogP contribution in [0.1, 0.15) is 29.8 Å². The summed E-state index contributed by atoms with van der Waals surface area (Å²) >= 11 is 0. The molecule has 1 N–H and O–H groups in total. The number of hydrogen-bond acceptors (Lipinski definition) is 3. The van der Waals surface area contributed by atoms with Gasteiger partial charge in [0.25, 0.3) is 5.91 Å². The molecule has 0 saturated heterocycles. The molecule has 4 heteroatoms. The number of nitrogens with one attached hydrogen (secondary N) is 1. The molecule has 1 aliphatic carbocycles. The lowest BCUT2D eigenvalue weighted by molar-refractivity contribution is 0.0646.